The van der Waals surface area contributed by atoms with E-state index in [9.17, 15) is 4.79 Å². The summed E-state index contributed by atoms with van der Waals surface area (Å²) in [5.74, 6) is 0.526. The summed E-state index contributed by atoms with van der Waals surface area (Å²) < 4.78 is 1.67. The average molecular weight is 238 g/mol. The molecular weight excluding hydrogens is 216 g/mol. The number of hydrogen-bond donors (Lipinski definition) is 1. The highest BCUT2D eigenvalue weighted by Crippen LogP contribution is 2.08. The molecule has 0 atom stereocenters. The average Bonchev–Trinajstić information content (AvgIpc) is 2.31. The van der Waals surface area contributed by atoms with Gasteiger partial charge in [-0.25, -0.2) is 4.98 Å². The van der Waals surface area contributed by atoms with E-state index in [2.05, 4.69) is 18.8 Å². The molecule has 1 heterocycles. The van der Waals surface area contributed by atoms with Crippen molar-refractivity contribution in [3.8, 4) is 0 Å². The highest BCUT2D eigenvalue weighted by atomic mass is 16.1. The van der Waals surface area contributed by atoms with E-state index in [-0.39, 0.29) is 11.6 Å². The number of hydrogen-bond acceptors (Lipinski definition) is 4. The molecule has 2 N–H and O–H groups in total. The van der Waals surface area contributed by atoms with Gasteiger partial charge in [0, 0.05) is 31.5 Å². The molecule has 1 aromatic heterocycles. The summed E-state index contributed by atoms with van der Waals surface area (Å²) in [4.78, 5) is 18.4. The minimum atomic E-state index is -0.0271. The van der Waals surface area contributed by atoms with Gasteiger partial charge >= 0.3 is 0 Å². The Kier molecular flexibility index (Phi) is 5.15. The van der Waals surface area contributed by atoms with E-state index in [1.807, 2.05) is 11.8 Å². The summed E-state index contributed by atoms with van der Waals surface area (Å²) in [6, 6.07) is 0.245. The molecule has 0 amide bonds. The molecule has 0 fully saturated rings. The van der Waals surface area contributed by atoms with Gasteiger partial charge in [-0.3, -0.25) is 4.79 Å². The highest BCUT2D eigenvalue weighted by molar-refractivity contribution is 5.36. The molecule has 0 saturated carbocycles. The van der Waals surface area contributed by atoms with E-state index in [4.69, 9.17) is 5.73 Å². The van der Waals surface area contributed by atoms with Gasteiger partial charge in [0.2, 0.25) is 0 Å². The van der Waals surface area contributed by atoms with Crippen molar-refractivity contribution in [3.05, 3.63) is 22.7 Å². The van der Waals surface area contributed by atoms with Crippen LogP contribution in [0.4, 0.5) is 5.82 Å². The van der Waals surface area contributed by atoms with Crippen LogP contribution >= 0.6 is 0 Å². The van der Waals surface area contributed by atoms with Crippen LogP contribution in [-0.4, -0.2) is 28.7 Å². The fraction of sp³-hybridized carbons (Fsp3) is 0.667. The molecule has 5 heteroatoms. The van der Waals surface area contributed by atoms with Crippen molar-refractivity contribution < 1.29 is 0 Å². The Bertz CT molecular complexity index is 400. The third-order valence-corrected chi connectivity index (χ3v) is 2.73. The van der Waals surface area contributed by atoms with Crippen molar-refractivity contribution in [2.24, 2.45) is 5.73 Å². The van der Waals surface area contributed by atoms with Crippen LogP contribution in [-0.2, 0) is 6.54 Å². The summed E-state index contributed by atoms with van der Waals surface area (Å²) >= 11 is 0. The maximum Gasteiger partial charge on any atom is 0.293 e. The van der Waals surface area contributed by atoms with Crippen LogP contribution < -0.4 is 16.2 Å². The Balaban J connectivity index is 3.05. The molecule has 0 spiro atoms. The first-order valence-electron chi connectivity index (χ1n) is 6.14. The van der Waals surface area contributed by atoms with Gasteiger partial charge in [0.15, 0.2) is 5.82 Å². The van der Waals surface area contributed by atoms with Gasteiger partial charge in [0.1, 0.15) is 0 Å². The van der Waals surface area contributed by atoms with Crippen LogP contribution in [0.2, 0.25) is 0 Å². The number of aryl methyl sites for hydroxylation is 1. The Labute approximate surface area is 102 Å². The molecule has 96 valence electrons. The molecule has 0 aromatic carbocycles. The van der Waals surface area contributed by atoms with E-state index in [1.54, 1.807) is 17.0 Å². The third kappa shape index (κ3) is 3.30. The van der Waals surface area contributed by atoms with Gasteiger partial charge in [-0.1, -0.05) is 0 Å². The second kappa shape index (κ2) is 6.39. The molecule has 0 saturated heterocycles. The quantitative estimate of drug-likeness (QED) is 0.797. The zero-order valence-corrected chi connectivity index (χ0v) is 10.9. The SMILES string of the molecule is CCn1ccnc(N(CCCN)C(C)C)c1=O. The summed E-state index contributed by atoms with van der Waals surface area (Å²) in [5.41, 5.74) is 5.49. The molecule has 5 nitrogen and oxygen atoms in total. The molecule has 0 aliphatic heterocycles. The van der Waals surface area contributed by atoms with Crippen molar-refractivity contribution in [3.63, 3.8) is 0 Å². The number of rotatable bonds is 6. The van der Waals surface area contributed by atoms with E-state index in [1.165, 1.54) is 0 Å². The van der Waals surface area contributed by atoms with Crippen molar-refractivity contribution in [2.45, 2.75) is 39.8 Å². The molecule has 0 radical (unpaired) electrons. The summed E-state index contributed by atoms with van der Waals surface area (Å²) in [7, 11) is 0. The van der Waals surface area contributed by atoms with Crippen molar-refractivity contribution in [1.29, 1.82) is 0 Å². The summed E-state index contributed by atoms with van der Waals surface area (Å²) in [5, 5.41) is 0. The Morgan fingerprint density at radius 2 is 2.24 bits per heavy atom. The van der Waals surface area contributed by atoms with Crippen LogP contribution in [0.15, 0.2) is 17.2 Å². The topological polar surface area (TPSA) is 64.2 Å². The van der Waals surface area contributed by atoms with Gasteiger partial charge in [0.05, 0.1) is 0 Å². The molecule has 17 heavy (non-hydrogen) atoms. The van der Waals surface area contributed by atoms with Crippen LogP contribution in [0.5, 0.6) is 0 Å². The highest BCUT2D eigenvalue weighted by Gasteiger charge is 2.15. The smallest absolute Gasteiger partial charge is 0.293 e. The minimum Gasteiger partial charge on any atom is -0.350 e. The largest absolute Gasteiger partial charge is 0.350 e. The van der Waals surface area contributed by atoms with E-state index in [0.29, 0.717) is 18.9 Å². The van der Waals surface area contributed by atoms with E-state index >= 15 is 0 Å². The standard InChI is InChI=1S/C12H22N4O/c1-4-15-9-7-14-11(12(15)17)16(10(2)3)8-5-6-13/h7,9-10H,4-6,8,13H2,1-3H3. The maximum absolute atomic E-state index is 12.1. The van der Waals surface area contributed by atoms with E-state index < -0.39 is 0 Å². The monoisotopic (exact) mass is 238 g/mol. The van der Waals surface area contributed by atoms with Gasteiger partial charge in [-0.15, -0.1) is 0 Å². The lowest BCUT2D eigenvalue weighted by Crippen LogP contribution is -2.39. The van der Waals surface area contributed by atoms with E-state index in [0.717, 1.165) is 13.0 Å². The number of nitrogens with zero attached hydrogens (tertiary/aromatic N) is 3. The van der Waals surface area contributed by atoms with Gasteiger partial charge in [-0.2, -0.15) is 0 Å². The first-order chi connectivity index (χ1) is 8.11. The Hall–Kier alpha value is -1.36. The fourth-order valence-electron chi connectivity index (χ4n) is 1.75. The molecule has 1 rings (SSSR count). The molecular formula is C12H22N4O. The van der Waals surface area contributed by atoms with Crippen molar-refractivity contribution in [1.82, 2.24) is 9.55 Å². The summed E-state index contributed by atoms with van der Waals surface area (Å²) in [6.07, 6.45) is 4.26. The lowest BCUT2D eigenvalue weighted by molar-refractivity contribution is 0.629. The molecule has 1 aromatic rings. The van der Waals surface area contributed by atoms with Gasteiger partial charge in [-0.05, 0) is 33.7 Å². The predicted molar refractivity (Wildman–Crippen MR) is 70.3 cm³/mol. The first-order valence-corrected chi connectivity index (χ1v) is 6.14. The van der Waals surface area contributed by atoms with Gasteiger partial charge < -0.3 is 15.2 Å². The third-order valence-electron chi connectivity index (χ3n) is 2.73. The maximum atomic E-state index is 12.1. The van der Waals surface area contributed by atoms with Crippen LogP contribution in [0.3, 0.4) is 0 Å². The predicted octanol–water partition coefficient (Wildman–Crippen LogP) is 0.827. The Morgan fingerprint density at radius 3 is 2.76 bits per heavy atom. The lowest BCUT2D eigenvalue weighted by Gasteiger charge is -2.27. The number of nitrogens with two attached hydrogens (primary N) is 1. The second-order valence-corrected chi connectivity index (χ2v) is 4.27. The Morgan fingerprint density at radius 1 is 1.53 bits per heavy atom. The van der Waals surface area contributed by atoms with Crippen molar-refractivity contribution >= 4 is 5.82 Å². The minimum absolute atomic E-state index is 0.0271. The number of aromatic nitrogens is 2. The second-order valence-electron chi connectivity index (χ2n) is 4.27. The van der Waals surface area contributed by atoms with Crippen LogP contribution in [0.25, 0.3) is 0 Å². The van der Waals surface area contributed by atoms with Crippen LogP contribution in [0, 0.1) is 0 Å². The van der Waals surface area contributed by atoms with Crippen molar-refractivity contribution in [2.75, 3.05) is 18.0 Å². The molecule has 0 aliphatic carbocycles. The number of anilines is 1. The fourth-order valence-corrected chi connectivity index (χ4v) is 1.75. The molecule has 0 bridgehead atoms. The first kappa shape index (κ1) is 13.7. The lowest BCUT2D eigenvalue weighted by atomic mass is 10.3. The zero-order valence-electron chi connectivity index (χ0n) is 10.9. The summed E-state index contributed by atoms with van der Waals surface area (Å²) in [6.45, 7) is 8.12. The molecule has 0 aliphatic rings. The molecule has 0 unspecified atom stereocenters. The zero-order chi connectivity index (χ0) is 12.8. The normalized spacial score (nSPS) is 10.9. The van der Waals surface area contributed by atoms with Gasteiger partial charge in [0.25, 0.3) is 5.56 Å². The van der Waals surface area contributed by atoms with Crippen LogP contribution in [0.1, 0.15) is 27.2 Å².